The third-order valence-corrected chi connectivity index (χ3v) is 4.36. The first-order chi connectivity index (χ1) is 12.4. The predicted molar refractivity (Wildman–Crippen MR) is 101 cm³/mol. The Hall–Kier alpha value is -2.97. The van der Waals surface area contributed by atoms with Gasteiger partial charge in [0.1, 0.15) is 17.9 Å². The van der Waals surface area contributed by atoms with Crippen LogP contribution >= 0.6 is 0 Å². The maximum Gasteiger partial charge on any atom is 0.213 e. The van der Waals surface area contributed by atoms with Gasteiger partial charge in [0.15, 0.2) is 0 Å². The zero-order valence-electron chi connectivity index (χ0n) is 14.1. The maximum absolute atomic E-state index is 11.1. The van der Waals surface area contributed by atoms with Gasteiger partial charge in [-0.15, -0.1) is 0 Å². The number of primary sulfonamides is 1. The fraction of sp³-hybridized carbons (Fsp3) is 0.111. The molecule has 134 valence electrons. The number of benzene rings is 2. The first-order valence-corrected chi connectivity index (χ1v) is 9.47. The summed E-state index contributed by atoms with van der Waals surface area (Å²) in [5.74, 6) is 1.18. The lowest BCUT2D eigenvalue weighted by Crippen LogP contribution is -2.14. The lowest BCUT2D eigenvalue weighted by Gasteiger charge is -2.09. The van der Waals surface area contributed by atoms with Crippen molar-refractivity contribution in [1.29, 1.82) is 0 Å². The highest BCUT2D eigenvalue weighted by Crippen LogP contribution is 2.24. The molecule has 0 saturated heterocycles. The highest BCUT2D eigenvalue weighted by atomic mass is 32.2. The van der Waals surface area contributed by atoms with Crippen LogP contribution in [0.2, 0.25) is 0 Å². The van der Waals surface area contributed by atoms with Gasteiger partial charge in [0.2, 0.25) is 10.0 Å². The van der Waals surface area contributed by atoms with Crippen molar-refractivity contribution in [3.63, 3.8) is 0 Å². The van der Waals surface area contributed by atoms with Crippen molar-refractivity contribution in [2.24, 2.45) is 5.14 Å². The molecule has 0 aliphatic carbocycles. The van der Waals surface area contributed by atoms with E-state index in [4.69, 9.17) is 9.88 Å². The summed E-state index contributed by atoms with van der Waals surface area (Å²) < 4.78 is 27.5. The van der Waals surface area contributed by atoms with Gasteiger partial charge in [-0.25, -0.2) is 23.5 Å². The molecule has 0 unspecified atom stereocenters. The zero-order valence-corrected chi connectivity index (χ0v) is 14.9. The van der Waals surface area contributed by atoms with E-state index in [9.17, 15) is 8.42 Å². The Labute approximate surface area is 151 Å². The molecule has 0 atom stereocenters. The molecular weight excluding hydrogens is 352 g/mol. The number of hydrogen-bond donors (Lipinski definition) is 2. The quantitative estimate of drug-likeness (QED) is 0.691. The Morgan fingerprint density at radius 2 is 1.85 bits per heavy atom. The molecule has 0 amide bonds. The number of rotatable bonds is 6. The third-order valence-electron chi connectivity index (χ3n) is 3.63. The van der Waals surface area contributed by atoms with Gasteiger partial charge in [-0.3, -0.25) is 0 Å². The van der Waals surface area contributed by atoms with Crippen LogP contribution in [0.15, 0.2) is 60.9 Å². The molecule has 0 fully saturated rings. The molecule has 0 spiro atoms. The van der Waals surface area contributed by atoms with Gasteiger partial charge in [0, 0.05) is 17.3 Å². The number of hydrogen-bond acceptors (Lipinski definition) is 6. The third kappa shape index (κ3) is 4.78. The summed E-state index contributed by atoms with van der Waals surface area (Å²) in [5, 5.41) is 8.22. The van der Waals surface area contributed by atoms with E-state index in [0.717, 1.165) is 22.7 Å². The maximum atomic E-state index is 11.1. The number of sulfonamides is 1. The molecule has 1 aromatic heterocycles. The van der Waals surface area contributed by atoms with E-state index in [1.54, 1.807) is 31.4 Å². The van der Waals surface area contributed by atoms with E-state index < -0.39 is 10.0 Å². The lowest BCUT2D eigenvalue weighted by molar-refractivity contribution is 0.415. The Balaban J connectivity index is 1.78. The predicted octanol–water partition coefficient (Wildman–Crippen LogP) is 2.68. The monoisotopic (exact) mass is 370 g/mol. The molecule has 26 heavy (non-hydrogen) atoms. The average Bonchev–Trinajstić information content (AvgIpc) is 2.62. The molecule has 0 radical (unpaired) electrons. The van der Waals surface area contributed by atoms with Gasteiger partial charge < -0.3 is 10.1 Å². The van der Waals surface area contributed by atoms with Crippen LogP contribution in [0.5, 0.6) is 5.75 Å². The number of anilines is 2. The second-order valence-electron chi connectivity index (χ2n) is 5.65. The molecule has 3 N–H and O–H groups in total. The first kappa shape index (κ1) is 17.8. The van der Waals surface area contributed by atoms with Crippen LogP contribution < -0.4 is 15.2 Å². The van der Waals surface area contributed by atoms with Crippen LogP contribution in [0.4, 0.5) is 11.5 Å². The van der Waals surface area contributed by atoms with Crippen molar-refractivity contribution in [3.05, 3.63) is 66.5 Å². The van der Waals surface area contributed by atoms with Crippen molar-refractivity contribution in [2.45, 2.75) is 5.75 Å². The highest BCUT2D eigenvalue weighted by molar-refractivity contribution is 7.88. The van der Waals surface area contributed by atoms with E-state index in [1.165, 1.54) is 6.33 Å². The minimum atomic E-state index is -3.54. The van der Waals surface area contributed by atoms with Gasteiger partial charge in [0.25, 0.3) is 0 Å². The normalized spacial score (nSPS) is 11.2. The summed E-state index contributed by atoms with van der Waals surface area (Å²) in [6, 6.07) is 16.4. The van der Waals surface area contributed by atoms with Crippen molar-refractivity contribution < 1.29 is 13.2 Å². The van der Waals surface area contributed by atoms with Crippen LogP contribution in [0.25, 0.3) is 11.3 Å². The van der Waals surface area contributed by atoms with E-state index in [2.05, 4.69) is 15.3 Å². The number of nitrogens with two attached hydrogens (primary N) is 1. The summed E-state index contributed by atoms with van der Waals surface area (Å²) in [7, 11) is -1.93. The van der Waals surface area contributed by atoms with Gasteiger partial charge >= 0.3 is 0 Å². The number of methoxy groups -OCH3 is 1. The number of ether oxygens (including phenoxy) is 1. The molecule has 7 nitrogen and oxygen atoms in total. The molecule has 3 aromatic rings. The van der Waals surface area contributed by atoms with Gasteiger partial charge in [-0.1, -0.05) is 24.3 Å². The number of nitrogens with zero attached hydrogens (tertiary/aromatic N) is 2. The van der Waals surface area contributed by atoms with Crippen molar-refractivity contribution in [3.8, 4) is 17.0 Å². The number of nitrogens with one attached hydrogen (secondary N) is 1. The summed E-state index contributed by atoms with van der Waals surface area (Å²) in [5.41, 5.74) is 3.07. The van der Waals surface area contributed by atoms with Crippen molar-refractivity contribution >= 4 is 21.5 Å². The van der Waals surface area contributed by atoms with Crippen LogP contribution in [-0.2, 0) is 15.8 Å². The first-order valence-electron chi connectivity index (χ1n) is 7.76. The Morgan fingerprint density at radius 3 is 2.54 bits per heavy atom. The minimum absolute atomic E-state index is 0.194. The zero-order chi connectivity index (χ0) is 18.6. The SMILES string of the molecule is COc1cccc(-c2cc(Nc3ccc(CS(N)(=O)=O)cc3)ncn2)c1. The van der Waals surface area contributed by atoms with Gasteiger partial charge in [-0.05, 0) is 29.8 Å². The molecule has 2 aromatic carbocycles. The van der Waals surface area contributed by atoms with Crippen LogP contribution in [-0.4, -0.2) is 25.5 Å². The largest absolute Gasteiger partial charge is 0.497 e. The summed E-state index contributed by atoms with van der Waals surface area (Å²) in [6.45, 7) is 0. The Kier molecular flexibility index (Phi) is 5.15. The van der Waals surface area contributed by atoms with E-state index in [-0.39, 0.29) is 5.75 Å². The second-order valence-corrected chi connectivity index (χ2v) is 7.26. The number of aromatic nitrogens is 2. The lowest BCUT2D eigenvalue weighted by atomic mass is 10.1. The van der Waals surface area contributed by atoms with E-state index in [1.807, 2.05) is 30.3 Å². The average molecular weight is 370 g/mol. The summed E-state index contributed by atoms with van der Waals surface area (Å²) in [4.78, 5) is 8.51. The van der Waals surface area contributed by atoms with Crippen molar-refractivity contribution in [2.75, 3.05) is 12.4 Å². The molecule has 0 aliphatic heterocycles. The molecule has 0 aliphatic rings. The molecule has 8 heteroatoms. The highest BCUT2D eigenvalue weighted by Gasteiger charge is 2.06. The summed E-state index contributed by atoms with van der Waals surface area (Å²) in [6.07, 6.45) is 1.48. The van der Waals surface area contributed by atoms with Crippen molar-refractivity contribution in [1.82, 2.24) is 9.97 Å². The molecular formula is C18H18N4O3S. The van der Waals surface area contributed by atoms with Crippen LogP contribution in [0.1, 0.15) is 5.56 Å². The Bertz CT molecular complexity index is 1000. The standard InChI is InChI=1S/C18H18N4O3S/c1-25-16-4-2-3-14(9-16)17-10-18(21-12-20-17)22-15-7-5-13(6-8-15)11-26(19,23)24/h2-10,12H,11H2,1H3,(H2,19,23,24)(H,20,21,22). The van der Waals surface area contributed by atoms with E-state index in [0.29, 0.717) is 11.4 Å². The smallest absolute Gasteiger partial charge is 0.213 e. The summed E-state index contributed by atoms with van der Waals surface area (Å²) >= 11 is 0. The van der Waals surface area contributed by atoms with Gasteiger partial charge in [0.05, 0.1) is 18.6 Å². The van der Waals surface area contributed by atoms with E-state index >= 15 is 0 Å². The van der Waals surface area contributed by atoms with Crippen LogP contribution in [0.3, 0.4) is 0 Å². The molecule has 3 rings (SSSR count). The topological polar surface area (TPSA) is 107 Å². The minimum Gasteiger partial charge on any atom is -0.497 e. The Morgan fingerprint density at radius 1 is 1.08 bits per heavy atom. The molecule has 0 saturated carbocycles. The van der Waals surface area contributed by atoms with Crippen LogP contribution in [0, 0.1) is 0 Å². The fourth-order valence-corrected chi connectivity index (χ4v) is 3.09. The van der Waals surface area contributed by atoms with Gasteiger partial charge in [-0.2, -0.15) is 0 Å². The fourth-order valence-electron chi connectivity index (χ4n) is 2.43. The molecule has 1 heterocycles. The second kappa shape index (κ2) is 7.51. The molecule has 0 bridgehead atoms.